The van der Waals surface area contributed by atoms with E-state index < -0.39 is 15.7 Å². The van der Waals surface area contributed by atoms with Gasteiger partial charge in [-0.1, -0.05) is 26.8 Å². The third-order valence-electron chi connectivity index (χ3n) is 7.11. The SMILES string of the molecule is CC(C)(C)c1ccc(C2CCC(c3cc(Nc4ccc5c(c4F)CS(=O)(=O)CCC5)n[nH]3)C2)o1. The van der Waals surface area contributed by atoms with Crippen molar-refractivity contribution in [2.75, 3.05) is 11.1 Å². The summed E-state index contributed by atoms with van der Waals surface area (Å²) in [6, 6.07) is 9.62. The van der Waals surface area contributed by atoms with Gasteiger partial charge in [0.05, 0.1) is 17.2 Å². The molecule has 2 aliphatic rings. The fourth-order valence-corrected chi connectivity index (χ4v) is 6.65. The molecule has 2 atom stereocenters. The summed E-state index contributed by atoms with van der Waals surface area (Å²) in [5.41, 5.74) is 2.32. The maximum Gasteiger partial charge on any atom is 0.154 e. The first-order chi connectivity index (χ1) is 16.1. The minimum absolute atomic E-state index is 0.00449. The molecular weight excluding hydrogens is 453 g/mol. The summed E-state index contributed by atoms with van der Waals surface area (Å²) in [4.78, 5) is 0. The molecule has 1 fully saturated rings. The number of hydrogen-bond donors (Lipinski definition) is 2. The van der Waals surface area contributed by atoms with Crippen LogP contribution in [0.3, 0.4) is 0 Å². The summed E-state index contributed by atoms with van der Waals surface area (Å²) in [7, 11) is -3.28. The standard InChI is InChI=1S/C26H32FN3O3S/c1-26(2,3)23-11-10-22(33-23)18-7-6-17(13-18)21-14-24(30-29-21)28-20-9-8-16-5-4-12-34(31,32)15-19(16)25(20)27/h8-11,14,17-18H,4-7,12-13,15H2,1-3H3,(H2,28,29,30). The first-order valence-corrected chi connectivity index (χ1v) is 13.8. The van der Waals surface area contributed by atoms with Crippen molar-refractivity contribution in [1.82, 2.24) is 10.2 Å². The number of hydrogen-bond acceptors (Lipinski definition) is 5. The molecule has 0 bridgehead atoms. The van der Waals surface area contributed by atoms with Crippen LogP contribution >= 0.6 is 0 Å². The number of sulfone groups is 1. The molecule has 2 unspecified atom stereocenters. The van der Waals surface area contributed by atoms with Crippen LogP contribution in [0.5, 0.6) is 0 Å². The molecule has 0 amide bonds. The third-order valence-corrected chi connectivity index (χ3v) is 8.75. The largest absolute Gasteiger partial charge is 0.465 e. The molecule has 182 valence electrons. The summed E-state index contributed by atoms with van der Waals surface area (Å²) in [5.74, 6) is 2.65. The summed E-state index contributed by atoms with van der Waals surface area (Å²) in [5, 5.41) is 10.5. The quantitative estimate of drug-likeness (QED) is 0.466. The molecule has 2 aromatic heterocycles. The molecule has 1 saturated carbocycles. The van der Waals surface area contributed by atoms with E-state index in [9.17, 15) is 8.42 Å². The molecule has 1 aliphatic heterocycles. The highest BCUT2D eigenvalue weighted by molar-refractivity contribution is 7.90. The molecule has 3 heterocycles. The number of aryl methyl sites for hydroxylation is 1. The summed E-state index contributed by atoms with van der Waals surface area (Å²) >= 11 is 0. The van der Waals surface area contributed by atoms with Gasteiger partial charge in [0.2, 0.25) is 0 Å². The van der Waals surface area contributed by atoms with Crippen LogP contribution in [0.15, 0.2) is 34.7 Å². The van der Waals surface area contributed by atoms with Gasteiger partial charge in [-0.15, -0.1) is 0 Å². The molecule has 1 aromatic carbocycles. The van der Waals surface area contributed by atoms with E-state index in [1.54, 1.807) is 6.07 Å². The zero-order chi connectivity index (χ0) is 24.1. The lowest BCUT2D eigenvalue weighted by atomic mass is 9.94. The van der Waals surface area contributed by atoms with E-state index in [1.807, 2.05) is 12.1 Å². The summed E-state index contributed by atoms with van der Waals surface area (Å²) in [6.07, 6.45) is 4.17. The van der Waals surface area contributed by atoms with Crippen LogP contribution in [0.25, 0.3) is 0 Å². The number of anilines is 2. The van der Waals surface area contributed by atoms with Gasteiger partial charge in [0.1, 0.15) is 11.5 Å². The molecule has 0 radical (unpaired) electrons. The van der Waals surface area contributed by atoms with Crippen molar-refractivity contribution in [2.45, 2.75) is 75.9 Å². The normalized spacial score (nSPS) is 22.4. The predicted octanol–water partition coefficient (Wildman–Crippen LogP) is 6.10. The van der Waals surface area contributed by atoms with E-state index in [1.165, 1.54) is 0 Å². The van der Waals surface area contributed by atoms with E-state index in [4.69, 9.17) is 4.42 Å². The topological polar surface area (TPSA) is 88.0 Å². The van der Waals surface area contributed by atoms with E-state index >= 15 is 4.39 Å². The Labute approximate surface area is 200 Å². The molecule has 6 nitrogen and oxygen atoms in total. The highest BCUT2D eigenvalue weighted by atomic mass is 32.2. The van der Waals surface area contributed by atoms with Crippen LogP contribution < -0.4 is 5.32 Å². The van der Waals surface area contributed by atoms with Crippen LogP contribution in [0.2, 0.25) is 0 Å². The Morgan fingerprint density at radius 1 is 1.15 bits per heavy atom. The van der Waals surface area contributed by atoms with Gasteiger partial charge in [0.25, 0.3) is 0 Å². The Morgan fingerprint density at radius 2 is 1.94 bits per heavy atom. The molecule has 0 saturated heterocycles. The van der Waals surface area contributed by atoms with Crippen LogP contribution in [0, 0.1) is 5.82 Å². The van der Waals surface area contributed by atoms with Gasteiger partial charge in [-0.2, -0.15) is 5.10 Å². The lowest BCUT2D eigenvalue weighted by Crippen LogP contribution is -2.09. The highest BCUT2D eigenvalue weighted by Gasteiger charge is 2.31. The minimum Gasteiger partial charge on any atom is -0.465 e. The van der Waals surface area contributed by atoms with Crippen molar-refractivity contribution < 1.29 is 17.2 Å². The van der Waals surface area contributed by atoms with Gasteiger partial charge in [-0.3, -0.25) is 5.10 Å². The molecular formula is C26H32FN3O3S. The monoisotopic (exact) mass is 485 g/mol. The van der Waals surface area contributed by atoms with E-state index in [0.717, 1.165) is 42.0 Å². The van der Waals surface area contributed by atoms with Crippen LogP contribution in [0.4, 0.5) is 15.9 Å². The predicted molar refractivity (Wildman–Crippen MR) is 131 cm³/mol. The molecule has 8 heteroatoms. The Kier molecular flexibility index (Phi) is 5.82. The third kappa shape index (κ3) is 4.65. The average Bonchev–Trinajstić information content (AvgIpc) is 3.49. The van der Waals surface area contributed by atoms with Gasteiger partial charge in [0.15, 0.2) is 21.5 Å². The summed E-state index contributed by atoms with van der Waals surface area (Å²) in [6.45, 7) is 6.45. The van der Waals surface area contributed by atoms with Gasteiger partial charge >= 0.3 is 0 Å². The number of halogens is 1. The van der Waals surface area contributed by atoms with Crippen molar-refractivity contribution in [3.8, 4) is 0 Å². The molecule has 5 rings (SSSR count). The fraction of sp³-hybridized carbons (Fsp3) is 0.500. The Morgan fingerprint density at radius 3 is 2.71 bits per heavy atom. The second kappa shape index (κ2) is 8.56. The average molecular weight is 486 g/mol. The number of nitrogens with zero attached hydrogens (tertiary/aromatic N) is 1. The second-order valence-corrected chi connectivity index (χ2v) is 12.9. The first-order valence-electron chi connectivity index (χ1n) is 12.0. The zero-order valence-corrected chi connectivity index (χ0v) is 20.8. The molecule has 2 N–H and O–H groups in total. The van der Waals surface area contributed by atoms with E-state index in [-0.39, 0.29) is 28.2 Å². The summed E-state index contributed by atoms with van der Waals surface area (Å²) < 4.78 is 45.7. The number of benzene rings is 1. The number of nitrogens with one attached hydrogen (secondary N) is 2. The number of fused-ring (bicyclic) bond motifs is 1. The molecule has 3 aromatic rings. The van der Waals surface area contributed by atoms with Gasteiger partial charge < -0.3 is 9.73 Å². The van der Waals surface area contributed by atoms with E-state index in [0.29, 0.717) is 30.5 Å². The number of furan rings is 1. The lowest BCUT2D eigenvalue weighted by molar-refractivity contribution is 0.369. The smallest absolute Gasteiger partial charge is 0.154 e. The molecule has 0 spiro atoms. The highest BCUT2D eigenvalue weighted by Crippen LogP contribution is 2.44. The first kappa shape index (κ1) is 23.1. The lowest BCUT2D eigenvalue weighted by Gasteiger charge is -2.15. The number of H-pyrrole nitrogens is 1. The number of rotatable bonds is 4. The van der Waals surface area contributed by atoms with Crippen molar-refractivity contribution in [1.29, 1.82) is 0 Å². The van der Waals surface area contributed by atoms with E-state index in [2.05, 4.69) is 48.4 Å². The zero-order valence-electron chi connectivity index (χ0n) is 19.9. The van der Waals surface area contributed by atoms with Gasteiger partial charge in [0, 0.05) is 34.6 Å². The minimum atomic E-state index is -3.28. The van der Waals surface area contributed by atoms with Crippen LogP contribution in [0.1, 0.15) is 86.6 Å². The van der Waals surface area contributed by atoms with Gasteiger partial charge in [-0.05, 0) is 55.9 Å². The number of aromatic amines is 1. The van der Waals surface area contributed by atoms with Crippen molar-refractivity contribution >= 4 is 21.3 Å². The maximum absolute atomic E-state index is 15.2. The molecule has 34 heavy (non-hydrogen) atoms. The maximum atomic E-state index is 15.2. The fourth-order valence-electron chi connectivity index (χ4n) is 5.17. The van der Waals surface area contributed by atoms with Crippen molar-refractivity contribution in [3.05, 3.63) is 64.5 Å². The van der Waals surface area contributed by atoms with Crippen molar-refractivity contribution in [3.63, 3.8) is 0 Å². The number of aromatic nitrogens is 2. The van der Waals surface area contributed by atoms with Crippen LogP contribution in [-0.4, -0.2) is 24.4 Å². The Bertz CT molecular complexity index is 1300. The van der Waals surface area contributed by atoms with Gasteiger partial charge in [-0.25, -0.2) is 12.8 Å². The van der Waals surface area contributed by atoms with Crippen molar-refractivity contribution in [2.24, 2.45) is 0 Å². The Balaban J connectivity index is 1.29. The second-order valence-electron chi connectivity index (χ2n) is 10.8. The Hall–Kier alpha value is -2.61. The van der Waals surface area contributed by atoms with Crippen LogP contribution in [-0.2, 0) is 27.4 Å². The molecule has 1 aliphatic carbocycles.